The number of Topliss-reactive ketones (excluding diaryl/α,β-unsaturated/α-hetero) is 1. The van der Waals surface area contributed by atoms with Crippen molar-refractivity contribution in [2.24, 2.45) is 0 Å². The van der Waals surface area contributed by atoms with E-state index in [1.165, 1.54) is 0 Å². The van der Waals surface area contributed by atoms with Crippen molar-refractivity contribution in [1.82, 2.24) is 9.55 Å². The quantitative estimate of drug-likeness (QED) is 0.785. The summed E-state index contributed by atoms with van der Waals surface area (Å²) < 4.78 is 2.53. The van der Waals surface area contributed by atoms with Gasteiger partial charge < -0.3 is 4.79 Å². The first-order valence-electron chi connectivity index (χ1n) is 5.66. The van der Waals surface area contributed by atoms with Crippen LogP contribution in [0, 0.1) is 13.8 Å². The molecule has 1 heterocycles. The molecule has 0 saturated carbocycles. The summed E-state index contributed by atoms with van der Waals surface area (Å²) in [4.78, 5) is 26.4. The minimum Gasteiger partial charge on any atom is -0.300 e. The number of aryl methyl sites for hydroxylation is 1. The smallest absolute Gasteiger partial charge is 0.300 e. The van der Waals surface area contributed by atoms with Gasteiger partial charge in [0.25, 0.3) is 0 Å². The van der Waals surface area contributed by atoms with Gasteiger partial charge in [0.05, 0.1) is 10.2 Å². The van der Waals surface area contributed by atoms with Gasteiger partial charge in [0, 0.05) is 18.7 Å². The van der Waals surface area contributed by atoms with Crippen LogP contribution in [0.4, 0.5) is 0 Å². The van der Waals surface area contributed by atoms with Crippen molar-refractivity contribution in [3.63, 3.8) is 0 Å². The Morgan fingerprint density at radius 2 is 2.00 bits per heavy atom. The SMILES string of the molecule is CC(=O)CCCCn1c(C)c(Br)c(C)nc1=O. The van der Waals surface area contributed by atoms with E-state index in [-0.39, 0.29) is 11.5 Å². The predicted octanol–water partition coefficient (Wildman–Crippen LogP) is 2.38. The largest absolute Gasteiger partial charge is 0.348 e. The normalized spacial score (nSPS) is 10.6. The van der Waals surface area contributed by atoms with Crippen LogP contribution in [-0.4, -0.2) is 15.3 Å². The van der Waals surface area contributed by atoms with Gasteiger partial charge in [-0.3, -0.25) is 4.57 Å². The monoisotopic (exact) mass is 300 g/mol. The van der Waals surface area contributed by atoms with Gasteiger partial charge in [-0.05, 0) is 49.5 Å². The minimum atomic E-state index is -0.217. The number of rotatable bonds is 5. The number of carbonyl (C=O) groups is 1. The molecule has 0 aliphatic heterocycles. The van der Waals surface area contributed by atoms with Crippen molar-refractivity contribution in [3.8, 4) is 0 Å². The van der Waals surface area contributed by atoms with Crippen molar-refractivity contribution < 1.29 is 4.79 Å². The summed E-state index contributed by atoms with van der Waals surface area (Å²) in [6.45, 7) is 5.90. The maximum Gasteiger partial charge on any atom is 0.348 e. The fourth-order valence-electron chi connectivity index (χ4n) is 1.68. The van der Waals surface area contributed by atoms with Crippen molar-refractivity contribution >= 4 is 21.7 Å². The molecule has 4 nitrogen and oxygen atoms in total. The van der Waals surface area contributed by atoms with Gasteiger partial charge in [0.1, 0.15) is 5.78 Å². The Labute approximate surface area is 109 Å². The third-order valence-electron chi connectivity index (χ3n) is 2.69. The van der Waals surface area contributed by atoms with Gasteiger partial charge in [-0.2, -0.15) is 4.98 Å². The molecule has 94 valence electrons. The molecule has 1 aromatic rings. The zero-order valence-electron chi connectivity index (χ0n) is 10.4. The fraction of sp³-hybridized carbons (Fsp3) is 0.583. The molecule has 17 heavy (non-hydrogen) atoms. The molecule has 0 atom stereocenters. The van der Waals surface area contributed by atoms with E-state index in [2.05, 4.69) is 20.9 Å². The summed E-state index contributed by atoms with van der Waals surface area (Å²) in [5, 5.41) is 0. The van der Waals surface area contributed by atoms with Gasteiger partial charge in [-0.15, -0.1) is 0 Å². The zero-order chi connectivity index (χ0) is 13.0. The number of carbonyl (C=O) groups excluding carboxylic acids is 1. The molecule has 1 aromatic heterocycles. The minimum absolute atomic E-state index is 0.192. The Bertz CT molecular complexity index is 480. The van der Waals surface area contributed by atoms with E-state index in [9.17, 15) is 9.59 Å². The lowest BCUT2D eigenvalue weighted by atomic mass is 10.2. The van der Waals surface area contributed by atoms with Crippen molar-refractivity contribution in [2.45, 2.75) is 46.6 Å². The van der Waals surface area contributed by atoms with E-state index >= 15 is 0 Å². The van der Waals surface area contributed by atoms with Crippen LogP contribution in [0.1, 0.15) is 37.6 Å². The average molecular weight is 301 g/mol. The Morgan fingerprint density at radius 3 is 2.59 bits per heavy atom. The van der Waals surface area contributed by atoms with Crippen LogP contribution in [0.3, 0.4) is 0 Å². The molecule has 0 spiro atoms. The molecule has 0 amide bonds. The van der Waals surface area contributed by atoms with Crippen LogP contribution in [0.5, 0.6) is 0 Å². The Morgan fingerprint density at radius 1 is 1.35 bits per heavy atom. The lowest BCUT2D eigenvalue weighted by Crippen LogP contribution is -2.26. The van der Waals surface area contributed by atoms with E-state index in [1.807, 2.05) is 6.92 Å². The molecule has 0 N–H and O–H groups in total. The Balaban J connectivity index is 2.75. The molecule has 0 aliphatic carbocycles. The van der Waals surface area contributed by atoms with Gasteiger partial charge in [0.15, 0.2) is 0 Å². The van der Waals surface area contributed by atoms with E-state index in [0.29, 0.717) is 18.7 Å². The average Bonchev–Trinajstić information content (AvgIpc) is 2.24. The van der Waals surface area contributed by atoms with E-state index in [1.54, 1.807) is 18.4 Å². The van der Waals surface area contributed by atoms with Crippen molar-refractivity contribution in [1.29, 1.82) is 0 Å². The summed E-state index contributed by atoms with van der Waals surface area (Å²) in [5.41, 5.74) is 1.39. The number of ketones is 1. The van der Waals surface area contributed by atoms with E-state index in [4.69, 9.17) is 0 Å². The summed E-state index contributed by atoms with van der Waals surface area (Å²) in [7, 11) is 0. The second-order valence-corrected chi connectivity index (χ2v) is 4.98. The maximum atomic E-state index is 11.7. The van der Waals surface area contributed by atoms with E-state index in [0.717, 1.165) is 23.0 Å². The number of halogens is 1. The summed E-state index contributed by atoms with van der Waals surface area (Å²) >= 11 is 3.42. The van der Waals surface area contributed by atoms with Gasteiger partial charge >= 0.3 is 5.69 Å². The van der Waals surface area contributed by atoms with Crippen molar-refractivity contribution in [3.05, 3.63) is 26.3 Å². The van der Waals surface area contributed by atoms with Crippen LogP contribution in [-0.2, 0) is 11.3 Å². The summed E-state index contributed by atoms with van der Waals surface area (Å²) in [6.07, 6.45) is 2.21. The third kappa shape index (κ3) is 3.77. The number of unbranched alkanes of at least 4 members (excludes halogenated alkanes) is 1. The first kappa shape index (κ1) is 14.1. The highest BCUT2D eigenvalue weighted by atomic mass is 79.9. The molecule has 0 fully saturated rings. The Kier molecular flexibility index (Phi) is 5.05. The number of nitrogens with zero attached hydrogens (tertiary/aromatic N) is 2. The summed E-state index contributed by atoms with van der Waals surface area (Å²) in [6, 6.07) is 0. The molecular weight excluding hydrogens is 284 g/mol. The topological polar surface area (TPSA) is 52.0 Å². The van der Waals surface area contributed by atoms with Crippen LogP contribution < -0.4 is 5.69 Å². The third-order valence-corrected chi connectivity index (χ3v) is 3.84. The highest BCUT2D eigenvalue weighted by molar-refractivity contribution is 9.10. The molecular formula is C12H17BrN2O2. The first-order chi connectivity index (χ1) is 7.93. The first-order valence-corrected chi connectivity index (χ1v) is 6.45. The lowest BCUT2D eigenvalue weighted by Gasteiger charge is -2.11. The van der Waals surface area contributed by atoms with Gasteiger partial charge in [-0.25, -0.2) is 4.79 Å². The second kappa shape index (κ2) is 6.10. The molecule has 0 unspecified atom stereocenters. The summed E-state index contributed by atoms with van der Waals surface area (Å²) in [5.74, 6) is 0.192. The highest BCUT2D eigenvalue weighted by Crippen LogP contribution is 2.17. The number of hydrogen-bond donors (Lipinski definition) is 0. The van der Waals surface area contributed by atoms with Gasteiger partial charge in [-0.1, -0.05) is 0 Å². The molecule has 0 radical (unpaired) electrons. The zero-order valence-corrected chi connectivity index (χ0v) is 12.0. The highest BCUT2D eigenvalue weighted by Gasteiger charge is 2.08. The molecule has 0 aliphatic rings. The molecule has 0 bridgehead atoms. The fourth-order valence-corrected chi connectivity index (χ4v) is 1.99. The molecule has 1 rings (SSSR count). The number of hydrogen-bond acceptors (Lipinski definition) is 3. The Hall–Kier alpha value is -0.970. The van der Waals surface area contributed by atoms with Gasteiger partial charge in [0.2, 0.25) is 0 Å². The maximum absolute atomic E-state index is 11.7. The molecule has 0 saturated heterocycles. The lowest BCUT2D eigenvalue weighted by molar-refractivity contribution is -0.117. The number of aromatic nitrogens is 2. The molecule has 5 heteroatoms. The molecule has 0 aromatic carbocycles. The second-order valence-electron chi connectivity index (χ2n) is 4.19. The van der Waals surface area contributed by atoms with E-state index < -0.39 is 0 Å². The van der Waals surface area contributed by atoms with Crippen LogP contribution in [0.15, 0.2) is 9.27 Å². The van der Waals surface area contributed by atoms with Crippen LogP contribution >= 0.6 is 15.9 Å². The predicted molar refractivity (Wildman–Crippen MR) is 70.2 cm³/mol. The van der Waals surface area contributed by atoms with Crippen LogP contribution in [0.25, 0.3) is 0 Å². The standard InChI is InChI=1S/C12H17BrN2O2/c1-8(16)6-4-5-7-15-10(3)11(13)9(2)14-12(15)17/h4-7H2,1-3H3. The van der Waals surface area contributed by atoms with Crippen LogP contribution in [0.2, 0.25) is 0 Å². The van der Waals surface area contributed by atoms with Crippen molar-refractivity contribution in [2.75, 3.05) is 0 Å².